The molecule has 0 aliphatic rings. The van der Waals surface area contributed by atoms with Crippen molar-refractivity contribution in [2.45, 2.75) is 13.3 Å². The van der Waals surface area contributed by atoms with Crippen molar-refractivity contribution in [3.05, 3.63) is 54.6 Å². The average molecular weight is 293 g/mol. The molecule has 1 heterocycles. The van der Waals surface area contributed by atoms with Gasteiger partial charge in [-0.05, 0) is 42.8 Å². The highest BCUT2D eigenvalue weighted by Gasteiger charge is 2.07. The summed E-state index contributed by atoms with van der Waals surface area (Å²) in [6.07, 6.45) is 1.01. The molecule has 0 aliphatic carbocycles. The van der Waals surface area contributed by atoms with Crippen molar-refractivity contribution in [2.75, 3.05) is 13.7 Å². The number of hydrogen-bond acceptors (Lipinski definition) is 3. The monoisotopic (exact) mass is 293 g/mol. The molecule has 0 spiro atoms. The molecule has 3 aromatic rings. The molecule has 0 fully saturated rings. The Balaban J connectivity index is 1.99. The Bertz CT molecular complexity index is 766. The van der Waals surface area contributed by atoms with Crippen molar-refractivity contribution in [3.8, 4) is 22.8 Å². The topological polar surface area (TPSA) is 31.4 Å². The number of rotatable bonds is 5. The summed E-state index contributed by atoms with van der Waals surface area (Å²) in [5, 5.41) is 1.02. The maximum Gasteiger partial charge on any atom is 0.130 e. The van der Waals surface area contributed by atoms with Crippen LogP contribution in [-0.4, -0.2) is 18.7 Å². The van der Waals surface area contributed by atoms with Crippen LogP contribution in [0, 0.1) is 0 Å². The van der Waals surface area contributed by atoms with Gasteiger partial charge in [0, 0.05) is 17.0 Å². The molecular weight excluding hydrogens is 274 g/mol. The number of methoxy groups -OCH3 is 1. The van der Waals surface area contributed by atoms with Gasteiger partial charge in [0.25, 0.3) is 0 Å². The first-order valence-electron chi connectivity index (χ1n) is 7.49. The Morgan fingerprint density at radius 3 is 2.50 bits per heavy atom. The van der Waals surface area contributed by atoms with Crippen LogP contribution >= 0.6 is 0 Å². The first-order chi connectivity index (χ1) is 10.8. The van der Waals surface area contributed by atoms with Gasteiger partial charge < -0.3 is 9.47 Å². The Morgan fingerprint density at radius 2 is 1.77 bits per heavy atom. The van der Waals surface area contributed by atoms with E-state index in [0.717, 1.165) is 46.7 Å². The fourth-order valence-corrected chi connectivity index (χ4v) is 2.40. The Hall–Kier alpha value is -2.55. The third-order valence-corrected chi connectivity index (χ3v) is 3.52. The molecule has 0 bridgehead atoms. The third kappa shape index (κ3) is 2.89. The zero-order valence-corrected chi connectivity index (χ0v) is 12.9. The lowest BCUT2D eigenvalue weighted by atomic mass is 10.1. The predicted molar refractivity (Wildman–Crippen MR) is 89.5 cm³/mol. The van der Waals surface area contributed by atoms with Crippen LogP contribution in [0.4, 0.5) is 0 Å². The van der Waals surface area contributed by atoms with E-state index in [9.17, 15) is 0 Å². The summed E-state index contributed by atoms with van der Waals surface area (Å²) < 4.78 is 11.1. The zero-order valence-electron chi connectivity index (χ0n) is 12.9. The van der Waals surface area contributed by atoms with E-state index in [-0.39, 0.29) is 0 Å². The highest BCUT2D eigenvalue weighted by Crippen LogP contribution is 2.30. The summed E-state index contributed by atoms with van der Waals surface area (Å²) >= 11 is 0. The van der Waals surface area contributed by atoms with Crippen LogP contribution in [0.25, 0.3) is 22.2 Å². The number of nitrogens with zero attached hydrogens (tertiary/aromatic N) is 1. The highest BCUT2D eigenvalue weighted by molar-refractivity contribution is 5.87. The van der Waals surface area contributed by atoms with E-state index >= 15 is 0 Å². The van der Waals surface area contributed by atoms with Gasteiger partial charge in [0.2, 0.25) is 0 Å². The minimum atomic E-state index is 0.737. The molecule has 3 nitrogen and oxygen atoms in total. The van der Waals surface area contributed by atoms with Gasteiger partial charge in [-0.15, -0.1) is 0 Å². The Kier molecular flexibility index (Phi) is 4.24. The van der Waals surface area contributed by atoms with Gasteiger partial charge >= 0.3 is 0 Å². The minimum absolute atomic E-state index is 0.737. The number of pyridine rings is 1. The van der Waals surface area contributed by atoms with Gasteiger partial charge in [0.1, 0.15) is 11.5 Å². The van der Waals surface area contributed by atoms with Crippen LogP contribution in [-0.2, 0) is 0 Å². The molecule has 0 atom stereocenters. The molecule has 1 aromatic heterocycles. The number of fused-ring (bicyclic) bond motifs is 1. The van der Waals surface area contributed by atoms with E-state index in [1.54, 1.807) is 7.11 Å². The molecule has 22 heavy (non-hydrogen) atoms. The summed E-state index contributed by atoms with van der Waals surface area (Å²) in [5.74, 6) is 1.73. The van der Waals surface area contributed by atoms with Gasteiger partial charge in [-0.1, -0.05) is 19.1 Å². The predicted octanol–water partition coefficient (Wildman–Crippen LogP) is 4.70. The summed E-state index contributed by atoms with van der Waals surface area (Å²) in [6.45, 7) is 2.83. The molecule has 0 N–H and O–H groups in total. The fraction of sp³-hybridized carbons (Fsp3) is 0.211. The second-order valence-corrected chi connectivity index (χ2v) is 5.10. The quantitative estimate of drug-likeness (QED) is 0.683. The molecule has 0 unspecified atom stereocenters. The van der Waals surface area contributed by atoms with E-state index in [0.29, 0.717) is 0 Å². The van der Waals surface area contributed by atoms with Crippen LogP contribution in [0.15, 0.2) is 54.6 Å². The van der Waals surface area contributed by atoms with Gasteiger partial charge in [0.15, 0.2) is 0 Å². The van der Waals surface area contributed by atoms with Crippen LogP contribution in [0.5, 0.6) is 11.5 Å². The molecule has 2 aromatic carbocycles. The molecule has 0 saturated carbocycles. The number of aromatic nitrogens is 1. The van der Waals surface area contributed by atoms with Gasteiger partial charge in [-0.2, -0.15) is 0 Å². The summed E-state index contributed by atoms with van der Waals surface area (Å²) in [7, 11) is 1.69. The van der Waals surface area contributed by atoms with E-state index in [2.05, 4.69) is 6.92 Å². The van der Waals surface area contributed by atoms with Crippen molar-refractivity contribution >= 4 is 10.9 Å². The van der Waals surface area contributed by atoms with E-state index < -0.39 is 0 Å². The molecule has 0 amide bonds. The maximum atomic E-state index is 5.62. The second kappa shape index (κ2) is 6.48. The number of para-hydroxylation sites is 1. The molecule has 0 aliphatic heterocycles. The smallest absolute Gasteiger partial charge is 0.130 e. The zero-order chi connectivity index (χ0) is 15.4. The van der Waals surface area contributed by atoms with Crippen molar-refractivity contribution < 1.29 is 9.47 Å². The van der Waals surface area contributed by atoms with E-state index in [4.69, 9.17) is 14.5 Å². The first kappa shape index (κ1) is 14.4. The summed E-state index contributed by atoms with van der Waals surface area (Å²) in [6, 6.07) is 18.0. The largest absolute Gasteiger partial charge is 0.496 e. The summed E-state index contributed by atoms with van der Waals surface area (Å²) in [5.41, 5.74) is 2.88. The first-order valence-corrected chi connectivity index (χ1v) is 7.49. The molecule has 112 valence electrons. The van der Waals surface area contributed by atoms with Gasteiger partial charge in [0.05, 0.1) is 24.9 Å². The lowest BCUT2D eigenvalue weighted by Gasteiger charge is -2.09. The number of benzene rings is 2. The minimum Gasteiger partial charge on any atom is -0.496 e. The van der Waals surface area contributed by atoms with E-state index in [1.165, 1.54) is 0 Å². The van der Waals surface area contributed by atoms with Gasteiger partial charge in [-0.25, -0.2) is 4.98 Å². The Labute approximate surface area is 130 Å². The summed E-state index contributed by atoms with van der Waals surface area (Å²) in [4.78, 5) is 4.73. The average Bonchev–Trinajstić information content (AvgIpc) is 2.59. The van der Waals surface area contributed by atoms with Gasteiger partial charge in [-0.3, -0.25) is 0 Å². The maximum absolute atomic E-state index is 5.62. The second-order valence-electron chi connectivity index (χ2n) is 5.10. The molecule has 3 heteroatoms. The van der Waals surface area contributed by atoms with Crippen molar-refractivity contribution in [3.63, 3.8) is 0 Å². The standard InChI is InChI=1S/C19H19NO2/c1-3-12-22-15-10-8-14(9-11-15)18-13-19(21-2)16-6-4-5-7-17(16)20-18/h4-11,13H,3,12H2,1-2H3. The van der Waals surface area contributed by atoms with Crippen molar-refractivity contribution in [1.29, 1.82) is 0 Å². The normalized spacial score (nSPS) is 10.6. The Morgan fingerprint density at radius 1 is 1.00 bits per heavy atom. The molecule has 0 radical (unpaired) electrons. The number of ether oxygens (including phenoxy) is 2. The molecular formula is C19H19NO2. The fourth-order valence-electron chi connectivity index (χ4n) is 2.40. The third-order valence-electron chi connectivity index (χ3n) is 3.52. The molecule has 0 saturated heterocycles. The van der Waals surface area contributed by atoms with Crippen molar-refractivity contribution in [2.24, 2.45) is 0 Å². The van der Waals surface area contributed by atoms with Crippen LogP contribution in [0.2, 0.25) is 0 Å². The lowest BCUT2D eigenvalue weighted by molar-refractivity contribution is 0.317. The SMILES string of the molecule is CCCOc1ccc(-c2cc(OC)c3ccccc3n2)cc1. The lowest BCUT2D eigenvalue weighted by Crippen LogP contribution is -1.95. The highest BCUT2D eigenvalue weighted by atomic mass is 16.5. The number of hydrogen-bond donors (Lipinski definition) is 0. The van der Waals surface area contributed by atoms with Crippen LogP contribution in [0.3, 0.4) is 0 Å². The van der Waals surface area contributed by atoms with Crippen LogP contribution < -0.4 is 9.47 Å². The molecule has 3 rings (SSSR count). The van der Waals surface area contributed by atoms with Crippen LogP contribution in [0.1, 0.15) is 13.3 Å². The van der Waals surface area contributed by atoms with Crippen molar-refractivity contribution in [1.82, 2.24) is 4.98 Å². The van der Waals surface area contributed by atoms with E-state index in [1.807, 2.05) is 54.6 Å².